The molecule has 0 bridgehead atoms. The second kappa shape index (κ2) is 4.31. The first kappa shape index (κ1) is 10.6. The number of ketones is 1. The van der Waals surface area contributed by atoms with E-state index in [4.69, 9.17) is 0 Å². The molecule has 0 amide bonds. The van der Waals surface area contributed by atoms with Crippen molar-refractivity contribution in [3.63, 3.8) is 0 Å². The smallest absolute Gasteiger partial charge is 0.134 e. The fourth-order valence-corrected chi connectivity index (χ4v) is 1.70. The number of H-pyrrole nitrogens is 1. The van der Waals surface area contributed by atoms with E-state index in [0.29, 0.717) is 6.42 Å². The summed E-state index contributed by atoms with van der Waals surface area (Å²) in [5, 5.41) is 0. The molecular weight excluding hydrogens is 200 g/mol. The third-order valence-electron chi connectivity index (χ3n) is 2.39. The number of nitrogens with one attached hydrogen (secondary N) is 1. The van der Waals surface area contributed by atoms with Gasteiger partial charge >= 0.3 is 0 Å². The van der Waals surface area contributed by atoms with Crippen LogP contribution in [0.1, 0.15) is 18.3 Å². The summed E-state index contributed by atoms with van der Waals surface area (Å²) in [5.74, 6) is 1.07. The highest BCUT2D eigenvalue weighted by molar-refractivity contribution is 5.78. The number of imidazole rings is 1. The van der Waals surface area contributed by atoms with Gasteiger partial charge in [0, 0.05) is 6.42 Å². The maximum absolute atomic E-state index is 11.0. The average molecular weight is 214 g/mol. The van der Waals surface area contributed by atoms with Gasteiger partial charge in [0.1, 0.15) is 11.6 Å². The highest BCUT2D eigenvalue weighted by atomic mass is 16.1. The highest BCUT2D eigenvalue weighted by Crippen LogP contribution is 2.18. The topological polar surface area (TPSA) is 45.8 Å². The maximum atomic E-state index is 11.0. The number of carbonyl (C=O) groups is 1. The van der Waals surface area contributed by atoms with Crippen LogP contribution in [-0.4, -0.2) is 15.8 Å². The monoisotopic (exact) mass is 214 g/mol. The van der Waals surface area contributed by atoms with E-state index >= 15 is 0 Å². The van der Waals surface area contributed by atoms with E-state index in [2.05, 4.69) is 9.97 Å². The summed E-state index contributed by atoms with van der Waals surface area (Å²) < 4.78 is 0. The number of aryl methyl sites for hydroxylation is 1. The van der Waals surface area contributed by atoms with Gasteiger partial charge in [0.2, 0.25) is 0 Å². The summed E-state index contributed by atoms with van der Waals surface area (Å²) in [6.45, 7) is 3.52. The molecule has 0 unspecified atom stereocenters. The first-order valence-electron chi connectivity index (χ1n) is 5.25. The van der Waals surface area contributed by atoms with Crippen LogP contribution in [0.5, 0.6) is 0 Å². The largest absolute Gasteiger partial charge is 0.342 e. The van der Waals surface area contributed by atoms with Crippen molar-refractivity contribution in [1.82, 2.24) is 9.97 Å². The number of hydrogen-bond donors (Lipinski definition) is 1. The van der Waals surface area contributed by atoms with Crippen molar-refractivity contribution in [2.24, 2.45) is 0 Å². The summed E-state index contributed by atoms with van der Waals surface area (Å²) in [6.07, 6.45) is 2.29. The van der Waals surface area contributed by atoms with E-state index in [1.54, 1.807) is 6.92 Å². The SMILES string of the molecule is CC(=O)Cc1cccc(-c2cnc(C)[nH]2)c1. The van der Waals surface area contributed by atoms with Gasteiger partial charge in [0.25, 0.3) is 0 Å². The summed E-state index contributed by atoms with van der Waals surface area (Å²) in [5.41, 5.74) is 3.10. The van der Waals surface area contributed by atoms with E-state index in [1.165, 1.54) is 0 Å². The van der Waals surface area contributed by atoms with Crippen LogP contribution in [0.15, 0.2) is 30.5 Å². The molecule has 3 heteroatoms. The molecule has 3 nitrogen and oxygen atoms in total. The molecular formula is C13H14N2O. The molecule has 16 heavy (non-hydrogen) atoms. The highest BCUT2D eigenvalue weighted by Gasteiger charge is 2.03. The molecule has 1 heterocycles. The van der Waals surface area contributed by atoms with Gasteiger partial charge in [-0.2, -0.15) is 0 Å². The molecule has 0 fully saturated rings. The quantitative estimate of drug-likeness (QED) is 0.853. The van der Waals surface area contributed by atoms with Gasteiger partial charge in [-0.25, -0.2) is 4.98 Å². The van der Waals surface area contributed by atoms with Crippen LogP contribution < -0.4 is 0 Å². The molecule has 82 valence electrons. The number of rotatable bonds is 3. The van der Waals surface area contributed by atoms with Gasteiger partial charge < -0.3 is 4.98 Å². The third-order valence-corrected chi connectivity index (χ3v) is 2.39. The number of Topliss-reactive ketones (excluding diaryl/α,β-unsaturated/α-hetero) is 1. The lowest BCUT2D eigenvalue weighted by Gasteiger charge is -2.01. The van der Waals surface area contributed by atoms with E-state index in [-0.39, 0.29) is 5.78 Å². The van der Waals surface area contributed by atoms with Crippen molar-refractivity contribution in [2.75, 3.05) is 0 Å². The maximum Gasteiger partial charge on any atom is 0.134 e. The molecule has 1 aromatic carbocycles. The number of aromatic nitrogens is 2. The van der Waals surface area contributed by atoms with Gasteiger partial charge in [-0.3, -0.25) is 4.79 Å². The van der Waals surface area contributed by atoms with Crippen LogP contribution in [0, 0.1) is 6.92 Å². The van der Waals surface area contributed by atoms with Crippen LogP contribution in [0.25, 0.3) is 11.3 Å². The molecule has 0 saturated carbocycles. The van der Waals surface area contributed by atoms with Gasteiger partial charge in [0.05, 0.1) is 11.9 Å². The summed E-state index contributed by atoms with van der Waals surface area (Å²) in [6, 6.07) is 7.96. The van der Waals surface area contributed by atoms with Crippen LogP contribution in [-0.2, 0) is 11.2 Å². The predicted octanol–water partition coefficient (Wildman–Crippen LogP) is 2.52. The Labute approximate surface area is 94.5 Å². The Kier molecular flexibility index (Phi) is 2.86. The second-order valence-corrected chi connectivity index (χ2v) is 3.96. The van der Waals surface area contributed by atoms with E-state index < -0.39 is 0 Å². The van der Waals surface area contributed by atoms with Crippen LogP contribution in [0.4, 0.5) is 0 Å². The summed E-state index contributed by atoms with van der Waals surface area (Å²) in [4.78, 5) is 18.4. The number of nitrogens with zero attached hydrogens (tertiary/aromatic N) is 1. The Morgan fingerprint density at radius 2 is 2.25 bits per heavy atom. The zero-order chi connectivity index (χ0) is 11.5. The van der Waals surface area contributed by atoms with E-state index in [9.17, 15) is 4.79 Å². The lowest BCUT2D eigenvalue weighted by atomic mass is 10.1. The molecule has 2 rings (SSSR count). The first-order valence-corrected chi connectivity index (χ1v) is 5.25. The summed E-state index contributed by atoms with van der Waals surface area (Å²) >= 11 is 0. The fourth-order valence-electron chi connectivity index (χ4n) is 1.70. The fraction of sp³-hybridized carbons (Fsp3) is 0.231. The zero-order valence-corrected chi connectivity index (χ0v) is 9.45. The molecule has 2 aromatic rings. The molecule has 1 N–H and O–H groups in total. The third kappa shape index (κ3) is 2.37. The molecule has 0 spiro atoms. The molecule has 0 aliphatic heterocycles. The molecule has 0 radical (unpaired) electrons. The van der Waals surface area contributed by atoms with Crippen molar-refractivity contribution >= 4 is 5.78 Å². The van der Waals surface area contributed by atoms with Crippen molar-refractivity contribution < 1.29 is 4.79 Å². The molecule has 0 atom stereocenters. The number of aromatic amines is 1. The van der Waals surface area contributed by atoms with Crippen LogP contribution in [0.2, 0.25) is 0 Å². The normalized spacial score (nSPS) is 10.4. The van der Waals surface area contributed by atoms with E-state index in [0.717, 1.165) is 22.6 Å². The van der Waals surface area contributed by atoms with Gasteiger partial charge in [0.15, 0.2) is 0 Å². The lowest BCUT2D eigenvalue weighted by Crippen LogP contribution is -1.96. The lowest BCUT2D eigenvalue weighted by molar-refractivity contribution is -0.116. The first-order chi connectivity index (χ1) is 7.65. The minimum atomic E-state index is 0.179. The Bertz CT molecular complexity index is 514. The van der Waals surface area contributed by atoms with Gasteiger partial charge in [-0.05, 0) is 31.0 Å². The minimum Gasteiger partial charge on any atom is -0.342 e. The Hall–Kier alpha value is -1.90. The number of benzene rings is 1. The van der Waals surface area contributed by atoms with E-state index in [1.807, 2.05) is 37.4 Å². The molecule has 1 aromatic heterocycles. The minimum absolute atomic E-state index is 0.179. The zero-order valence-electron chi connectivity index (χ0n) is 9.45. The standard InChI is InChI=1S/C13H14N2O/c1-9(16)6-11-4-3-5-12(7-11)13-8-14-10(2)15-13/h3-5,7-8H,6H2,1-2H3,(H,14,15). The van der Waals surface area contributed by atoms with Crippen molar-refractivity contribution in [3.05, 3.63) is 41.9 Å². The number of carbonyl (C=O) groups excluding carboxylic acids is 1. The van der Waals surface area contributed by atoms with Gasteiger partial charge in [-0.15, -0.1) is 0 Å². The summed E-state index contributed by atoms with van der Waals surface area (Å²) in [7, 11) is 0. The van der Waals surface area contributed by atoms with Gasteiger partial charge in [-0.1, -0.05) is 18.2 Å². The second-order valence-electron chi connectivity index (χ2n) is 3.96. The Morgan fingerprint density at radius 3 is 2.88 bits per heavy atom. The van der Waals surface area contributed by atoms with Crippen molar-refractivity contribution in [1.29, 1.82) is 0 Å². The van der Waals surface area contributed by atoms with Crippen molar-refractivity contribution in [2.45, 2.75) is 20.3 Å². The molecule has 0 aliphatic rings. The Balaban J connectivity index is 2.32. The van der Waals surface area contributed by atoms with Crippen LogP contribution in [0.3, 0.4) is 0 Å². The average Bonchev–Trinajstić information content (AvgIpc) is 2.64. The molecule has 0 saturated heterocycles. The van der Waals surface area contributed by atoms with Crippen molar-refractivity contribution in [3.8, 4) is 11.3 Å². The van der Waals surface area contributed by atoms with Crippen LogP contribution >= 0.6 is 0 Å². The Morgan fingerprint density at radius 1 is 1.44 bits per heavy atom. The predicted molar refractivity (Wildman–Crippen MR) is 63.1 cm³/mol. The number of hydrogen-bond acceptors (Lipinski definition) is 2. The molecule has 0 aliphatic carbocycles.